The van der Waals surface area contributed by atoms with Crippen LogP contribution in [0.4, 0.5) is 0 Å². The van der Waals surface area contributed by atoms with Gasteiger partial charge in [0, 0.05) is 11.1 Å². The van der Waals surface area contributed by atoms with Gasteiger partial charge in [-0.15, -0.1) is 6.58 Å². The van der Waals surface area contributed by atoms with Crippen LogP contribution in [0.1, 0.15) is 16.7 Å². The summed E-state index contributed by atoms with van der Waals surface area (Å²) in [6.07, 6.45) is 1.65. The third kappa shape index (κ3) is 3.08. The maximum absolute atomic E-state index is 9.75. The molecule has 0 aromatic heterocycles. The monoisotopic (exact) mass is 208 g/mol. The first-order valence-electron chi connectivity index (χ1n) is 4.80. The van der Waals surface area contributed by atoms with E-state index >= 15 is 0 Å². The third-order valence-electron chi connectivity index (χ3n) is 2.08. The second-order valence-corrected chi connectivity index (χ2v) is 3.39. The maximum atomic E-state index is 9.75. The Kier molecular flexibility index (Phi) is 4.34. The summed E-state index contributed by atoms with van der Waals surface area (Å²) in [5, 5.41) is 18.8. The first-order chi connectivity index (χ1) is 7.19. The van der Waals surface area contributed by atoms with Crippen molar-refractivity contribution in [3.63, 3.8) is 0 Å². The van der Waals surface area contributed by atoms with Gasteiger partial charge in [-0.2, -0.15) is 0 Å². The largest absolute Gasteiger partial charge is 0.507 e. The lowest BCUT2D eigenvalue weighted by Crippen LogP contribution is -1.97. The molecule has 0 spiro atoms. The maximum Gasteiger partial charge on any atom is 0.126 e. The van der Waals surface area contributed by atoms with E-state index in [-0.39, 0.29) is 12.4 Å². The van der Waals surface area contributed by atoms with E-state index in [0.29, 0.717) is 24.3 Å². The first-order valence-corrected chi connectivity index (χ1v) is 4.80. The predicted octanol–water partition coefficient (Wildman–Crippen LogP) is 1.90. The lowest BCUT2D eigenvalue weighted by atomic mass is 10.1. The number of rotatable bonds is 5. The summed E-state index contributed by atoms with van der Waals surface area (Å²) in [4.78, 5) is 0. The summed E-state index contributed by atoms with van der Waals surface area (Å²) in [5.74, 6) is 0.118. The van der Waals surface area contributed by atoms with Gasteiger partial charge in [0.05, 0.1) is 19.8 Å². The average molecular weight is 208 g/mol. The normalized spacial score (nSPS) is 10.3. The van der Waals surface area contributed by atoms with Crippen LogP contribution in [-0.2, 0) is 18.0 Å². The van der Waals surface area contributed by atoms with Gasteiger partial charge in [-0.3, -0.25) is 0 Å². The highest BCUT2D eigenvalue weighted by molar-refractivity contribution is 5.42. The molecule has 0 saturated carbocycles. The van der Waals surface area contributed by atoms with Crippen molar-refractivity contribution >= 4 is 0 Å². The van der Waals surface area contributed by atoms with Crippen molar-refractivity contribution in [3.05, 3.63) is 41.5 Å². The van der Waals surface area contributed by atoms with Crippen LogP contribution in [0, 0.1) is 6.92 Å². The van der Waals surface area contributed by atoms with Crippen LogP contribution in [0.15, 0.2) is 24.8 Å². The fourth-order valence-corrected chi connectivity index (χ4v) is 1.42. The minimum absolute atomic E-state index is 0.118. The Morgan fingerprint density at radius 1 is 1.40 bits per heavy atom. The van der Waals surface area contributed by atoms with E-state index in [1.807, 2.05) is 13.0 Å². The Hall–Kier alpha value is -1.32. The van der Waals surface area contributed by atoms with E-state index in [1.165, 1.54) is 0 Å². The van der Waals surface area contributed by atoms with Crippen molar-refractivity contribution in [2.75, 3.05) is 6.61 Å². The number of benzene rings is 1. The fraction of sp³-hybridized carbons (Fsp3) is 0.333. The zero-order valence-corrected chi connectivity index (χ0v) is 8.86. The molecule has 0 amide bonds. The van der Waals surface area contributed by atoms with Crippen LogP contribution < -0.4 is 0 Å². The molecule has 0 bridgehead atoms. The highest BCUT2D eigenvalue weighted by Gasteiger charge is 2.07. The molecule has 0 aliphatic rings. The van der Waals surface area contributed by atoms with E-state index in [1.54, 1.807) is 12.1 Å². The average Bonchev–Trinajstić information content (AvgIpc) is 2.23. The molecule has 3 heteroatoms. The minimum Gasteiger partial charge on any atom is -0.507 e. The van der Waals surface area contributed by atoms with Crippen LogP contribution in [0.2, 0.25) is 0 Å². The molecule has 15 heavy (non-hydrogen) atoms. The van der Waals surface area contributed by atoms with Gasteiger partial charge in [0.2, 0.25) is 0 Å². The number of hydrogen-bond donors (Lipinski definition) is 2. The molecule has 0 aliphatic carbocycles. The molecule has 0 unspecified atom stereocenters. The summed E-state index contributed by atoms with van der Waals surface area (Å²) in [5.41, 5.74) is 2.22. The molecule has 2 N–H and O–H groups in total. The number of hydrogen-bond acceptors (Lipinski definition) is 3. The molecule has 0 atom stereocenters. The van der Waals surface area contributed by atoms with E-state index in [2.05, 4.69) is 6.58 Å². The zero-order chi connectivity index (χ0) is 11.3. The molecule has 0 aliphatic heterocycles. The smallest absolute Gasteiger partial charge is 0.126 e. The first kappa shape index (κ1) is 11.8. The van der Waals surface area contributed by atoms with E-state index < -0.39 is 0 Å². The minimum atomic E-state index is -0.165. The van der Waals surface area contributed by atoms with Crippen molar-refractivity contribution in [2.24, 2.45) is 0 Å². The van der Waals surface area contributed by atoms with E-state index in [4.69, 9.17) is 9.84 Å². The van der Waals surface area contributed by atoms with Gasteiger partial charge in [-0.1, -0.05) is 23.8 Å². The number of aliphatic hydroxyl groups is 1. The standard InChI is InChI=1S/C12H16O3/c1-3-4-15-8-11-6-9(2)5-10(7-13)12(11)14/h3,5-6,13-14H,1,4,7-8H2,2H3. The molecule has 0 saturated heterocycles. The number of aromatic hydroxyl groups is 1. The van der Waals surface area contributed by atoms with Crippen LogP contribution in [0.25, 0.3) is 0 Å². The zero-order valence-electron chi connectivity index (χ0n) is 8.86. The quantitative estimate of drug-likeness (QED) is 0.574. The molecule has 1 aromatic rings. The van der Waals surface area contributed by atoms with Gasteiger partial charge in [-0.05, 0) is 6.92 Å². The SMILES string of the molecule is C=CCOCc1cc(C)cc(CO)c1O. The summed E-state index contributed by atoms with van der Waals surface area (Å²) in [6.45, 7) is 6.06. The van der Waals surface area contributed by atoms with Gasteiger partial charge in [-0.25, -0.2) is 0 Å². The molecule has 3 nitrogen and oxygen atoms in total. The number of aliphatic hydroxyl groups excluding tert-OH is 1. The van der Waals surface area contributed by atoms with Crippen LogP contribution in [-0.4, -0.2) is 16.8 Å². The fourth-order valence-electron chi connectivity index (χ4n) is 1.42. The highest BCUT2D eigenvalue weighted by atomic mass is 16.5. The molecule has 0 radical (unpaired) electrons. The van der Waals surface area contributed by atoms with Crippen molar-refractivity contribution in [3.8, 4) is 5.75 Å². The second kappa shape index (κ2) is 5.53. The number of phenols is 1. The summed E-state index contributed by atoms with van der Waals surface area (Å²) in [6, 6.07) is 3.60. The van der Waals surface area contributed by atoms with Gasteiger partial charge >= 0.3 is 0 Å². The molecular formula is C12H16O3. The molecule has 1 aromatic carbocycles. The molecule has 1 rings (SSSR count). The van der Waals surface area contributed by atoms with Crippen LogP contribution >= 0.6 is 0 Å². The van der Waals surface area contributed by atoms with Crippen LogP contribution in [0.3, 0.4) is 0 Å². The summed E-state index contributed by atoms with van der Waals surface area (Å²) in [7, 11) is 0. The lowest BCUT2D eigenvalue weighted by molar-refractivity contribution is 0.146. The van der Waals surface area contributed by atoms with Gasteiger partial charge in [0.25, 0.3) is 0 Å². The molecule has 0 heterocycles. The predicted molar refractivity (Wildman–Crippen MR) is 58.6 cm³/mol. The summed E-state index contributed by atoms with van der Waals surface area (Å²) >= 11 is 0. The number of ether oxygens (including phenoxy) is 1. The topological polar surface area (TPSA) is 49.7 Å². The van der Waals surface area contributed by atoms with E-state index in [9.17, 15) is 5.11 Å². The summed E-state index contributed by atoms with van der Waals surface area (Å²) < 4.78 is 5.24. The Morgan fingerprint density at radius 2 is 2.07 bits per heavy atom. The molecular weight excluding hydrogens is 192 g/mol. The Morgan fingerprint density at radius 3 is 2.67 bits per heavy atom. The van der Waals surface area contributed by atoms with Gasteiger partial charge < -0.3 is 14.9 Å². The van der Waals surface area contributed by atoms with E-state index in [0.717, 1.165) is 5.56 Å². The second-order valence-electron chi connectivity index (χ2n) is 3.39. The third-order valence-corrected chi connectivity index (χ3v) is 2.08. The van der Waals surface area contributed by atoms with Crippen molar-refractivity contribution in [1.29, 1.82) is 0 Å². The van der Waals surface area contributed by atoms with Crippen molar-refractivity contribution < 1.29 is 14.9 Å². The Bertz CT molecular complexity index is 345. The van der Waals surface area contributed by atoms with Gasteiger partial charge in [0.15, 0.2) is 0 Å². The van der Waals surface area contributed by atoms with Crippen LogP contribution in [0.5, 0.6) is 5.75 Å². The molecule has 0 fully saturated rings. The Labute approximate surface area is 89.6 Å². The Balaban J connectivity index is 2.86. The number of aryl methyl sites for hydroxylation is 1. The van der Waals surface area contributed by atoms with Gasteiger partial charge in [0.1, 0.15) is 5.75 Å². The van der Waals surface area contributed by atoms with Crippen molar-refractivity contribution in [2.45, 2.75) is 20.1 Å². The molecule has 82 valence electrons. The highest BCUT2D eigenvalue weighted by Crippen LogP contribution is 2.25. The lowest BCUT2D eigenvalue weighted by Gasteiger charge is -2.09. The van der Waals surface area contributed by atoms with Crippen molar-refractivity contribution in [1.82, 2.24) is 0 Å².